The van der Waals surface area contributed by atoms with Crippen molar-refractivity contribution in [2.45, 2.75) is 25.8 Å². The van der Waals surface area contributed by atoms with E-state index in [9.17, 15) is 4.79 Å². The van der Waals surface area contributed by atoms with Crippen LogP contribution in [0.15, 0.2) is 91.0 Å². The second-order valence-corrected chi connectivity index (χ2v) is 6.41. The molecule has 0 atom stereocenters. The Morgan fingerprint density at radius 3 is 1.53 bits per heavy atom. The second kappa shape index (κ2) is 16.9. The van der Waals surface area contributed by atoms with Crippen molar-refractivity contribution in [1.29, 1.82) is 0 Å². The normalized spacial score (nSPS) is 9.43. The molecule has 0 bridgehead atoms. The van der Waals surface area contributed by atoms with Gasteiger partial charge in [-0.15, -0.1) is 0 Å². The van der Waals surface area contributed by atoms with Crippen molar-refractivity contribution in [3.8, 4) is 0 Å². The van der Waals surface area contributed by atoms with Crippen molar-refractivity contribution in [1.82, 2.24) is 5.32 Å². The smallest absolute Gasteiger partial charge is 0.220 e. The Morgan fingerprint density at radius 2 is 1.10 bits per heavy atom. The highest BCUT2D eigenvalue weighted by Gasteiger charge is 2.01. The van der Waals surface area contributed by atoms with Crippen LogP contribution in [0.25, 0.3) is 0 Å². The first-order valence-corrected chi connectivity index (χ1v) is 9.99. The van der Waals surface area contributed by atoms with Crippen LogP contribution in [-0.2, 0) is 24.2 Å². The monoisotopic (exact) mass is 408 g/mol. The van der Waals surface area contributed by atoms with Crippen LogP contribution >= 0.6 is 0 Å². The number of benzene rings is 3. The zero-order valence-corrected chi connectivity index (χ0v) is 17.3. The van der Waals surface area contributed by atoms with Crippen molar-refractivity contribution < 1.29 is 15.0 Å². The minimum atomic E-state index is -0.750. The number of amides is 1. The van der Waals surface area contributed by atoms with E-state index < -0.39 is 6.79 Å². The summed E-state index contributed by atoms with van der Waals surface area (Å²) in [7, 11) is 0. The number of aliphatic hydroxyl groups excluding tert-OH is 1. The third-order valence-corrected chi connectivity index (χ3v) is 4.09. The summed E-state index contributed by atoms with van der Waals surface area (Å²) in [6.45, 7) is 0.596. The summed E-state index contributed by atoms with van der Waals surface area (Å²) in [5.74, 6) is 0.0997. The Balaban J connectivity index is 0.000000313. The molecule has 0 saturated heterocycles. The Bertz CT molecular complexity index is 736. The van der Waals surface area contributed by atoms with E-state index in [0.717, 1.165) is 24.9 Å². The summed E-state index contributed by atoms with van der Waals surface area (Å²) in [6.07, 6.45) is 2.32. The minimum absolute atomic E-state index is 0.0997. The summed E-state index contributed by atoms with van der Waals surface area (Å²) < 4.78 is 0. The molecule has 0 aromatic heterocycles. The maximum atomic E-state index is 11.7. The van der Waals surface area contributed by atoms with Gasteiger partial charge in [-0.1, -0.05) is 91.0 Å². The molecule has 0 spiro atoms. The molecule has 0 unspecified atom stereocenters. The standard InChI is InChI=1S/C16H17NO.C8H11N.CH4O2/c18-16(12-11-14-7-3-1-4-8-14)17-13-15-9-5-2-6-10-15;9-7-6-8-4-2-1-3-5-8;2-1-3/h1-10H,11-13H2,(H,17,18);1-5H,6-7,9H2;2-3H,1H2. The molecular weight excluding hydrogens is 376 g/mol. The van der Waals surface area contributed by atoms with Gasteiger partial charge >= 0.3 is 0 Å². The number of hydrogen-bond donors (Lipinski definition) is 4. The predicted molar refractivity (Wildman–Crippen MR) is 122 cm³/mol. The highest BCUT2D eigenvalue weighted by atomic mass is 16.5. The first-order valence-electron chi connectivity index (χ1n) is 9.99. The molecule has 5 heteroatoms. The van der Waals surface area contributed by atoms with Gasteiger partial charge in [0.15, 0.2) is 0 Å². The van der Waals surface area contributed by atoms with Gasteiger partial charge in [0.25, 0.3) is 0 Å². The number of carbonyl (C=O) groups is 1. The van der Waals surface area contributed by atoms with Gasteiger partial charge in [0.2, 0.25) is 5.91 Å². The quantitative estimate of drug-likeness (QED) is 0.452. The van der Waals surface area contributed by atoms with Crippen LogP contribution in [0.2, 0.25) is 0 Å². The zero-order valence-electron chi connectivity index (χ0n) is 17.3. The summed E-state index contributed by atoms with van der Waals surface area (Å²) in [5, 5.41) is 17.2. The average Bonchev–Trinajstić information content (AvgIpc) is 2.80. The molecule has 30 heavy (non-hydrogen) atoms. The van der Waals surface area contributed by atoms with Crippen LogP contribution in [0.4, 0.5) is 0 Å². The fourth-order valence-electron chi connectivity index (χ4n) is 2.60. The fraction of sp³-hybridized carbons (Fsp3) is 0.240. The number of hydrogen-bond acceptors (Lipinski definition) is 4. The van der Waals surface area contributed by atoms with E-state index in [1.165, 1.54) is 11.1 Å². The third kappa shape index (κ3) is 12.5. The van der Waals surface area contributed by atoms with E-state index in [2.05, 4.69) is 17.4 Å². The molecule has 5 nitrogen and oxygen atoms in total. The highest BCUT2D eigenvalue weighted by molar-refractivity contribution is 5.76. The largest absolute Gasteiger partial charge is 0.371 e. The molecule has 0 radical (unpaired) electrons. The molecule has 160 valence electrons. The van der Waals surface area contributed by atoms with E-state index in [1.807, 2.05) is 78.9 Å². The van der Waals surface area contributed by atoms with E-state index in [4.69, 9.17) is 15.9 Å². The van der Waals surface area contributed by atoms with E-state index in [-0.39, 0.29) is 5.91 Å². The van der Waals surface area contributed by atoms with Crippen molar-refractivity contribution in [3.63, 3.8) is 0 Å². The van der Waals surface area contributed by atoms with Gasteiger partial charge in [0.05, 0.1) is 0 Å². The van der Waals surface area contributed by atoms with Crippen LogP contribution in [0, 0.1) is 0 Å². The van der Waals surface area contributed by atoms with Gasteiger partial charge in [0, 0.05) is 13.0 Å². The Morgan fingerprint density at radius 1 is 0.700 bits per heavy atom. The van der Waals surface area contributed by atoms with Gasteiger partial charge in [0.1, 0.15) is 6.79 Å². The Kier molecular flexibility index (Phi) is 14.1. The van der Waals surface area contributed by atoms with E-state index in [0.29, 0.717) is 13.0 Å². The lowest BCUT2D eigenvalue weighted by molar-refractivity contribution is -0.121. The second-order valence-electron chi connectivity index (χ2n) is 6.41. The van der Waals surface area contributed by atoms with Crippen LogP contribution in [0.3, 0.4) is 0 Å². The van der Waals surface area contributed by atoms with Crippen LogP contribution in [0.5, 0.6) is 0 Å². The SMILES string of the molecule is NCCc1ccccc1.O=C(CCc1ccccc1)NCc1ccccc1.OCO. The van der Waals surface area contributed by atoms with Gasteiger partial charge < -0.3 is 21.3 Å². The first-order chi connectivity index (χ1) is 14.7. The third-order valence-electron chi connectivity index (χ3n) is 4.09. The summed E-state index contributed by atoms with van der Waals surface area (Å²) in [4.78, 5) is 11.7. The summed E-state index contributed by atoms with van der Waals surface area (Å²) in [5.41, 5.74) is 9.01. The minimum Gasteiger partial charge on any atom is -0.371 e. The molecule has 3 rings (SSSR count). The molecule has 0 aliphatic carbocycles. The molecule has 0 fully saturated rings. The maximum absolute atomic E-state index is 11.7. The van der Waals surface area contributed by atoms with Gasteiger partial charge in [-0.05, 0) is 36.1 Å². The topological polar surface area (TPSA) is 95.6 Å². The number of carbonyl (C=O) groups excluding carboxylic acids is 1. The predicted octanol–water partition coefficient (Wildman–Crippen LogP) is 3.05. The average molecular weight is 409 g/mol. The summed E-state index contributed by atoms with van der Waals surface area (Å²) >= 11 is 0. The first kappa shape index (κ1) is 25.0. The molecule has 3 aromatic carbocycles. The van der Waals surface area contributed by atoms with Crippen molar-refractivity contribution >= 4 is 5.91 Å². The Hall–Kier alpha value is -2.99. The van der Waals surface area contributed by atoms with Gasteiger partial charge in [-0.3, -0.25) is 4.79 Å². The molecule has 5 N–H and O–H groups in total. The number of aryl methyl sites for hydroxylation is 1. The maximum Gasteiger partial charge on any atom is 0.220 e. The molecular formula is C25H32N2O3. The lowest BCUT2D eigenvalue weighted by atomic mass is 10.1. The van der Waals surface area contributed by atoms with Crippen LogP contribution < -0.4 is 11.1 Å². The molecule has 0 heterocycles. The van der Waals surface area contributed by atoms with Crippen molar-refractivity contribution in [2.24, 2.45) is 5.73 Å². The number of aliphatic hydroxyl groups is 2. The van der Waals surface area contributed by atoms with E-state index in [1.54, 1.807) is 0 Å². The molecule has 0 aliphatic rings. The van der Waals surface area contributed by atoms with Crippen molar-refractivity contribution in [3.05, 3.63) is 108 Å². The zero-order chi connectivity index (χ0) is 21.9. The van der Waals surface area contributed by atoms with Gasteiger partial charge in [-0.2, -0.15) is 0 Å². The lowest BCUT2D eigenvalue weighted by Gasteiger charge is -2.05. The lowest BCUT2D eigenvalue weighted by Crippen LogP contribution is -2.22. The van der Waals surface area contributed by atoms with E-state index >= 15 is 0 Å². The molecule has 0 aliphatic heterocycles. The van der Waals surface area contributed by atoms with Crippen LogP contribution in [0.1, 0.15) is 23.1 Å². The molecule has 0 saturated carbocycles. The van der Waals surface area contributed by atoms with Gasteiger partial charge in [-0.25, -0.2) is 0 Å². The number of nitrogens with one attached hydrogen (secondary N) is 1. The highest BCUT2D eigenvalue weighted by Crippen LogP contribution is 2.03. The fourth-order valence-corrected chi connectivity index (χ4v) is 2.60. The molecule has 3 aromatic rings. The number of rotatable bonds is 7. The summed E-state index contributed by atoms with van der Waals surface area (Å²) in [6, 6.07) is 30.3. The van der Waals surface area contributed by atoms with Crippen LogP contribution in [-0.4, -0.2) is 29.5 Å². The Labute approximate surface area is 179 Å². The van der Waals surface area contributed by atoms with Crippen molar-refractivity contribution in [2.75, 3.05) is 13.3 Å². The molecule has 1 amide bonds. The number of nitrogens with two attached hydrogens (primary N) is 1.